The molecule has 3 heteroatoms. The Labute approximate surface area is 121 Å². The highest BCUT2D eigenvalue weighted by atomic mass is 16.2. The van der Waals surface area contributed by atoms with Crippen molar-refractivity contribution >= 4 is 16.8 Å². The number of nitrogens with one attached hydrogen (secondary N) is 1. The van der Waals surface area contributed by atoms with E-state index in [4.69, 9.17) is 0 Å². The largest absolute Gasteiger partial charge is 0.361 e. The molecule has 2 rings (SSSR count). The maximum Gasteiger partial charge on any atom is 0.227 e. The van der Waals surface area contributed by atoms with Gasteiger partial charge in [-0.3, -0.25) is 4.79 Å². The third-order valence-electron chi connectivity index (χ3n) is 3.52. The summed E-state index contributed by atoms with van der Waals surface area (Å²) in [6.07, 6.45) is 2.42. The molecule has 2 aromatic rings. The number of carbonyl (C=O) groups is 1. The molecule has 0 saturated heterocycles. The van der Waals surface area contributed by atoms with Crippen LogP contribution in [0.25, 0.3) is 10.9 Å². The molecule has 0 aliphatic heterocycles. The van der Waals surface area contributed by atoms with Crippen molar-refractivity contribution in [2.45, 2.75) is 40.2 Å². The van der Waals surface area contributed by atoms with E-state index < -0.39 is 0 Å². The first-order valence-electron chi connectivity index (χ1n) is 7.33. The summed E-state index contributed by atoms with van der Waals surface area (Å²) in [5.74, 6) is 0.697. The standard InChI is InChI=1S/C17H24N2O/c1-12(2)11-19(13(3)4)17(20)9-14-10-18-16-8-6-5-7-15(14)16/h5-8,10,12-13,18H,9,11H2,1-4H3. The Hall–Kier alpha value is -1.77. The van der Waals surface area contributed by atoms with Crippen LogP contribution in [-0.2, 0) is 11.2 Å². The van der Waals surface area contributed by atoms with Crippen molar-refractivity contribution in [2.75, 3.05) is 6.54 Å². The first-order chi connectivity index (χ1) is 9.49. The van der Waals surface area contributed by atoms with Gasteiger partial charge in [0.15, 0.2) is 0 Å². The van der Waals surface area contributed by atoms with Crippen molar-refractivity contribution in [3.05, 3.63) is 36.0 Å². The molecule has 0 aliphatic carbocycles. The lowest BCUT2D eigenvalue weighted by Crippen LogP contribution is -2.40. The maximum absolute atomic E-state index is 12.5. The van der Waals surface area contributed by atoms with E-state index in [0.29, 0.717) is 12.3 Å². The zero-order valence-electron chi connectivity index (χ0n) is 12.8. The van der Waals surface area contributed by atoms with Crippen molar-refractivity contribution in [3.8, 4) is 0 Å². The predicted octanol–water partition coefficient (Wildman–Crippen LogP) is 3.60. The van der Waals surface area contributed by atoms with Crippen molar-refractivity contribution in [1.82, 2.24) is 9.88 Å². The minimum atomic E-state index is 0.207. The number of amides is 1. The van der Waals surface area contributed by atoms with Gasteiger partial charge in [0.2, 0.25) is 5.91 Å². The Morgan fingerprint density at radius 3 is 2.55 bits per heavy atom. The molecule has 1 aromatic carbocycles. The van der Waals surface area contributed by atoms with Crippen LogP contribution in [0, 0.1) is 5.92 Å². The van der Waals surface area contributed by atoms with Crippen LogP contribution < -0.4 is 0 Å². The van der Waals surface area contributed by atoms with Crippen LogP contribution in [0.1, 0.15) is 33.3 Å². The van der Waals surface area contributed by atoms with Gasteiger partial charge in [-0.25, -0.2) is 0 Å². The molecule has 0 radical (unpaired) electrons. The topological polar surface area (TPSA) is 36.1 Å². The minimum Gasteiger partial charge on any atom is -0.361 e. The molecular weight excluding hydrogens is 248 g/mol. The van der Waals surface area contributed by atoms with Crippen LogP contribution in [0.3, 0.4) is 0 Å². The Balaban J connectivity index is 2.17. The molecule has 1 amide bonds. The number of fused-ring (bicyclic) bond motifs is 1. The molecule has 20 heavy (non-hydrogen) atoms. The number of aromatic amines is 1. The summed E-state index contributed by atoms with van der Waals surface area (Å²) < 4.78 is 0. The Morgan fingerprint density at radius 2 is 1.90 bits per heavy atom. The Kier molecular flexibility index (Phi) is 4.48. The van der Waals surface area contributed by atoms with E-state index in [1.807, 2.05) is 29.3 Å². The molecule has 1 aromatic heterocycles. The molecule has 0 atom stereocenters. The zero-order chi connectivity index (χ0) is 14.7. The molecule has 0 fully saturated rings. The van der Waals surface area contributed by atoms with Gasteiger partial charge >= 0.3 is 0 Å². The van der Waals surface area contributed by atoms with Gasteiger partial charge in [0, 0.05) is 29.7 Å². The van der Waals surface area contributed by atoms with Crippen LogP contribution in [-0.4, -0.2) is 28.4 Å². The molecule has 3 nitrogen and oxygen atoms in total. The highest BCUT2D eigenvalue weighted by Crippen LogP contribution is 2.19. The summed E-state index contributed by atoms with van der Waals surface area (Å²) in [6.45, 7) is 9.27. The zero-order valence-corrected chi connectivity index (χ0v) is 12.8. The van der Waals surface area contributed by atoms with E-state index >= 15 is 0 Å². The summed E-state index contributed by atoms with van der Waals surface area (Å²) in [5, 5.41) is 1.15. The fourth-order valence-corrected chi connectivity index (χ4v) is 2.54. The number of carbonyl (C=O) groups excluding carboxylic acids is 1. The van der Waals surface area contributed by atoms with Gasteiger partial charge in [-0.1, -0.05) is 32.0 Å². The predicted molar refractivity (Wildman–Crippen MR) is 83.7 cm³/mol. The Morgan fingerprint density at radius 1 is 1.20 bits per heavy atom. The molecular formula is C17H24N2O. The van der Waals surface area contributed by atoms with Gasteiger partial charge in [-0.2, -0.15) is 0 Å². The van der Waals surface area contributed by atoms with Crippen LogP contribution >= 0.6 is 0 Å². The second-order valence-corrected chi connectivity index (χ2v) is 6.07. The van der Waals surface area contributed by atoms with E-state index in [1.54, 1.807) is 0 Å². The lowest BCUT2D eigenvalue weighted by molar-refractivity contribution is -0.132. The van der Waals surface area contributed by atoms with Gasteiger partial charge in [-0.15, -0.1) is 0 Å². The van der Waals surface area contributed by atoms with Crippen LogP contribution in [0.5, 0.6) is 0 Å². The number of hydrogen-bond donors (Lipinski definition) is 1. The van der Waals surface area contributed by atoms with Crippen molar-refractivity contribution in [1.29, 1.82) is 0 Å². The monoisotopic (exact) mass is 272 g/mol. The number of H-pyrrole nitrogens is 1. The summed E-state index contributed by atoms with van der Waals surface area (Å²) >= 11 is 0. The fraction of sp³-hybridized carbons (Fsp3) is 0.471. The summed E-state index contributed by atoms with van der Waals surface area (Å²) in [5.41, 5.74) is 2.18. The Bertz CT molecular complexity index is 583. The lowest BCUT2D eigenvalue weighted by atomic mass is 10.1. The summed E-state index contributed by atoms with van der Waals surface area (Å²) in [7, 11) is 0. The molecule has 0 bridgehead atoms. The van der Waals surface area contributed by atoms with E-state index in [0.717, 1.165) is 23.0 Å². The smallest absolute Gasteiger partial charge is 0.227 e. The lowest BCUT2D eigenvalue weighted by Gasteiger charge is -2.28. The average molecular weight is 272 g/mol. The third kappa shape index (κ3) is 3.21. The van der Waals surface area contributed by atoms with Crippen LogP contribution in [0.15, 0.2) is 30.5 Å². The van der Waals surface area contributed by atoms with Crippen LogP contribution in [0.2, 0.25) is 0 Å². The number of hydrogen-bond acceptors (Lipinski definition) is 1. The average Bonchev–Trinajstić information content (AvgIpc) is 2.79. The highest BCUT2D eigenvalue weighted by Gasteiger charge is 2.19. The molecule has 0 saturated carbocycles. The second kappa shape index (κ2) is 6.12. The molecule has 1 heterocycles. The van der Waals surface area contributed by atoms with E-state index in [-0.39, 0.29) is 11.9 Å². The second-order valence-electron chi connectivity index (χ2n) is 6.07. The first-order valence-corrected chi connectivity index (χ1v) is 7.33. The summed E-state index contributed by atoms with van der Waals surface area (Å²) in [4.78, 5) is 17.8. The highest BCUT2D eigenvalue weighted by molar-refractivity contribution is 5.88. The number of nitrogens with zero attached hydrogens (tertiary/aromatic N) is 1. The number of aromatic nitrogens is 1. The third-order valence-corrected chi connectivity index (χ3v) is 3.52. The van der Waals surface area contributed by atoms with Gasteiger partial charge in [-0.05, 0) is 31.4 Å². The normalized spacial score (nSPS) is 11.5. The van der Waals surface area contributed by atoms with Gasteiger partial charge in [0.1, 0.15) is 0 Å². The van der Waals surface area contributed by atoms with Crippen molar-refractivity contribution in [3.63, 3.8) is 0 Å². The van der Waals surface area contributed by atoms with Gasteiger partial charge in [0.25, 0.3) is 0 Å². The first kappa shape index (κ1) is 14.6. The van der Waals surface area contributed by atoms with Crippen LogP contribution in [0.4, 0.5) is 0 Å². The van der Waals surface area contributed by atoms with Gasteiger partial charge in [0.05, 0.1) is 6.42 Å². The number of rotatable bonds is 5. The molecule has 108 valence electrons. The van der Waals surface area contributed by atoms with E-state index in [2.05, 4.69) is 38.7 Å². The molecule has 0 spiro atoms. The molecule has 0 aliphatic rings. The fourth-order valence-electron chi connectivity index (χ4n) is 2.54. The number of benzene rings is 1. The number of para-hydroxylation sites is 1. The van der Waals surface area contributed by atoms with Crippen molar-refractivity contribution in [2.24, 2.45) is 5.92 Å². The van der Waals surface area contributed by atoms with Crippen molar-refractivity contribution < 1.29 is 4.79 Å². The van der Waals surface area contributed by atoms with Gasteiger partial charge < -0.3 is 9.88 Å². The van der Waals surface area contributed by atoms with E-state index in [9.17, 15) is 4.79 Å². The summed E-state index contributed by atoms with van der Waals surface area (Å²) in [6, 6.07) is 8.37. The minimum absolute atomic E-state index is 0.207. The molecule has 0 unspecified atom stereocenters. The quantitative estimate of drug-likeness (QED) is 0.887. The molecule has 1 N–H and O–H groups in total. The van der Waals surface area contributed by atoms with E-state index in [1.165, 1.54) is 0 Å². The maximum atomic E-state index is 12.5. The SMILES string of the molecule is CC(C)CN(C(=O)Cc1c[nH]c2ccccc12)C(C)C.